The molecule has 1 fully saturated rings. The van der Waals surface area contributed by atoms with Crippen LogP contribution in [0, 0.1) is 0 Å². The van der Waals surface area contributed by atoms with E-state index < -0.39 is 6.04 Å². The molecular weight excluding hydrogens is 492 g/mol. The Labute approximate surface area is 220 Å². The van der Waals surface area contributed by atoms with Gasteiger partial charge in [0.2, 0.25) is 5.91 Å². The van der Waals surface area contributed by atoms with Crippen LogP contribution in [0.2, 0.25) is 5.02 Å². The Morgan fingerprint density at radius 1 is 1.00 bits per heavy atom. The Kier molecular flexibility index (Phi) is 6.52. The number of methoxy groups -OCH3 is 1. The third-order valence-electron chi connectivity index (χ3n) is 6.84. The maximum Gasteiger partial charge on any atom is 0.256 e. The molecule has 1 N–H and O–H groups in total. The van der Waals surface area contributed by atoms with Crippen molar-refractivity contribution >= 4 is 40.7 Å². The van der Waals surface area contributed by atoms with Gasteiger partial charge in [-0.15, -0.1) is 0 Å². The van der Waals surface area contributed by atoms with Crippen molar-refractivity contribution in [2.24, 2.45) is 0 Å². The number of nitrogens with zero attached hydrogens (tertiary/aromatic N) is 3. The number of benzene rings is 3. The SMILES string of the molecule is COc1ccc(Cl)cc1-c1ccc2c(c1)C(=O)N1CCN(C(=O)c3ccc(N(C)C)cc3)CC1C(=O)N2. The summed E-state index contributed by atoms with van der Waals surface area (Å²) >= 11 is 6.22. The summed E-state index contributed by atoms with van der Waals surface area (Å²) in [6.45, 7) is 0.707. The molecule has 1 atom stereocenters. The zero-order valence-electron chi connectivity index (χ0n) is 20.8. The molecule has 1 saturated heterocycles. The van der Waals surface area contributed by atoms with Crippen LogP contribution in [0.25, 0.3) is 11.1 Å². The van der Waals surface area contributed by atoms with E-state index in [1.54, 1.807) is 59.4 Å². The number of rotatable bonds is 4. The minimum atomic E-state index is -0.789. The van der Waals surface area contributed by atoms with Gasteiger partial charge in [0.25, 0.3) is 11.8 Å². The molecule has 190 valence electrons. The van der Waals surface area contributed by atoms with Crippen molar-refractivity contribution in [1.29, 1.82) is 0 Å². The Morgan fingerprint density at radius 2 is 1.76 bits per heavy atom. The number of hydrogen-bond acceptors (Lipinski definition) is 5. The summed E-state index contributed by atoms with van der Waals surface area (Å²) in [6.07, 6.45) is 0. The van der Waals surface area contributed by atoms with Crippen molar-refractivity contribution in [3.63, 3.8) is 0 Å². The third kappa shape index (κ3) is 4.60. The van der Waals surface area contributed by atoms with Crippen LogP contribution in [-0.4, -0.2) is 74.4 Å². The van der Waals surface area contributed by atoms with E-state index in [4.69, 9.17) is 16.3 Å². The molecule has 0 spiro atoms. The van der Waals surface area contributed by atoms with E-state index in [0.717, 1.165) is 16.8 Å². The van der Waals surface area contributed by atoms with Crippen molar-refractivity contribution in [2.75, 3.05) is 51.1 Å². The Balaban J connectivity index is 1.41. The molecule has 2 aliphatic rings. The molecule has 0 bridgehead atoms. The zero-order valence-corrected chi connectivity index (χ0v) is 21.6. The highest BCUT2D eigenvalue weighted by atomic mass is 35.5. The average Bonchev–Trinajstić information content (AvgIpc) is 3.01. The molecule has 3 aromatic rings. The quantitative estimate of drug-likeness (QED) is 0.564. The van der Waals surface area contributed by atoms with E-state index in [9.17, 15) is 14.4 Å². The zero-order chi connectivity index (χ0) is 26.3. The summed E-state index contributed by atoms with van der Waals surface area (Å²) in [5.74, 6) is -0.121. The number of piperazine rings is 1. The van der Waals surface area contributed by atoms with Gasteiger partial charge in [0, 0.05) is 49.0 Å². The molecule has 0 saturated carbocycles. The first-order chi connectivity index (χ1) is 17.8. The lowest BCUT2D eigenvalue weighted by molar-refractivity contribution is -0.121. The lowest BCUT2D eigenvalue weighted by Gasteiger charge is -2.39. The van der Waals surface area contributed by atoms with Crippen molar-refractivity contribution in [2.45, 2.75) is 6.04 Å². The van der Waals surface area contributed by atoms with Crippen LogP contribution in [0.15, 0.2) is 60.7 Å². The molecule has 0 radical (unpaired) electrons. The number of hydrogen-bond donors (Lipinski definition) is 1. The van der Waals surface area contributed by atoms with Gasteiger partial charge in [-0.3, -0.25) is 14.4 Å². The number of fused-ring (bicyclic) bond motifs is 2. The van der Waals surface area contributed by atoms with Crippen molar-refractivity contribution in [3.05, 3.63) is 76.8 Å². The molecule has 3 amide bonds. The molecular formula is C28H27ClN4O4. The number of carbonyl (C=O) groups is 3. The lowest BCUT2D eigenvalue weighted by atomic mass is 10.00. The molecule has 2 heterocycles. The van der Waals surface area contributed by atoms with Crippen LogP contribution < -0.4 is 15.0 Å². The molecule has 9 heteroatoms. The van der Waals surface area contributed by atoms with Crippen molar-refractivity contribution in [3.8, 4) is 16.9 Å². The van der Waals surface area contributed by atoms with E-state index in [1.165, 1.54) is 0 Å². The van der Waals surface area contributed by atoms with Gasteiger partial charge in [-0.1, -0.05) is 17.7 Å². The molecule has 8 nitrogen and oxygen atoms in total. The predicted molar refractivity (Wildman–Crippen MR) is 144 cm³/mol. The molecule has 0 aliphatic carbocycles. The van der Waals surface area contributed by atoms with Gasteiger partial charge in [0.05, 0.1) is 24.9 Å². The highest BCUT2D eigenvalue weighted by molar-refractivity contribution is 6.31. The maximum absolute atomic E-state index is 13.6. The van der Waals surface area contributed by atoms with Crippen LogP contribution in [0.4, 0.5) is 11.4 Å². The summed E-state index contributed by atoms with van der Waals surface area (Å²) in [5.41, 5.74) is 3.84. The highest BCUT2D eigenvalue weighted by Gasteiger charge is 2.40. The fourth-order valence-electron chi connectivity index (χ4n) is 4.79. The fourth-order valence-corrected chi connectivity index (χ4v) is 4.97. The van der Waals surface area contributed by atoms with Gasteiger partial charge in [-0.2, -0.15) is 0 Å². The fraction of sp³-hybridized carbons (Fsp3) is 0.250. The maximum atomic E-state index is 13.6. The highest BCUT2D eigenvalue weighted by Crippen LogP contribution is 2.36. The first kappa shape index (κ1) is 24.6. The van der Waals surface area contributed by atoms with Gasteiger partial charge in [-0.05, 0) is 60.2 Å². The largest absolute Gasteiger partial charge is 0.496 e. The summed E-state index contributed by atoms with van der Waals surface area (Å²) in [6, 6.07) is 17.1. The third-order valence-corrected chi connectivity index (χ3v) is 7.08. The smallest absolute Gasteiger partial charge is 0.256 e. The summed E-state index contributed by atoms with van der Waals surface area (Å²) in [5, 5.41) is 3.43. The average molecular weight is 519 g/mol. The van der Waals surface area contributed by atoms with Gasteiger partial charge < -0.3 is 24.8 Å². The minimum Gasteiger partial charge on any atom is -0.496 e. The second-order valence-electron chi connectivity index (χ2n) is 9.30. The first-order valence-corrected chi connectivity index (χ1v) is 12.3. The predicted octanol–water partition coefficient (Wildman–Crippen LogP) is 4.00. The Morgan fingerprint density at radius 3 is 2.46 bits per heavy atom. The minimum absolute atomic E-state index is 0.120. The van der Waals surface area contributed by atoms with Gasteiger partial charge in [0.1, 0.15) is 11.8 Å². The summed E-state index contributed by atoms with van der Waals surface area (Å²) in [4.78, 5) is 45.2. The number of ether oxygens (including phenoxy) is 1. The van der Waals surface area contributed by atoms with E-state index in [1.807, 2.05) is 37.2 Å². The van der Waals surface area contributed by atoms with Crippen LogP contribution in [-0.2, 0) is 4.79 Å². The number of amides is 3. The number of anilines is 2. The molecule has 3 aromatic carbocycles. The van der Waals surface area contributed by atoms with Crippen LogP contribution in [0.5, 0.6) is 5.75 Å². The van der Waals surface area contributed by atoms with Gasteiger partial charge >= 0.3 is 0 Å². The van der Waals surface area contributed by atoms with Crippen molar-refractivity contribution < 1.29 is 19.1 Å². The molecule has 0 aromatic heterocycles. The molecule has 1 unspecified atom stereocenters. The monoisotopic (exact) mass is 518 g/mol. The van der Waals surface area contributed by atoms with E-state index in [0.29, 0.717) is 34.1 Å². The topological polar surface area (TPSA) is 82.2 Å². The first-order valence-electron chi connectivity index (χ1n) is 11.9. The summed E-state index contributed by atoms with van der Waals surface area (Å²) < 4.78 is 5.48. The van der Waals surface area contributed by atoms with E-state index >= 15 is 0 Å². The number of halogens is 1. The second-order valence-corrected chi connectivity index (χ2v) is 9.74. The lowest BCUT2D eigenvalue weighted by Crippen LogP contribution is -2.59. The molecule has 2 aliphatic heterocycles. The van der Waals surface area contributed by atoms with E-state index in [2.05, 4.69) is 5.32 Å². The number of carbonyl (C=O) groups excluding carboxylic acids is 3. The van der Waals surface area contributed by atoms with Crippen LogP contribution in [0.3, 0.4) is 0 Å². The van der Waals surface area contributed by atoms with Crippen molar-refractivity contribution in [1.82, 2.24) is 9.80 Å². The second kappa shape index (κ2) is 9.78. The standard InChI is InChI=1S/C28H27ClN4O4/c1-31(2)20-8-4-17(5-9-20)27(35)32-12-13-33-24(16-32)26(34)30-23-10-6-18(14-22(23)28(33)36)21-15-19(29)7-11-25(21)37-3/h4-11,14-15,24H,12-13,16H2,1-3H3,(H,30,34). The Bertz CT molecular complexity index is 1390. The van der Waals surface area contributed by atoms with Gasteiger partial charge in [0.15, 0.2) is 0 Å². The van der Waals surface area contributed by atoms with Crippen LogP contribution in [0.1, 0.15) is 20.7 Å². The van der Waals surface area contributed by atoms with E-state index in [-0.39, 0.29) is 30.8 Å². The normalized spacial score (nSPS) is 16.9. The van der Waals surface area contributed by atoms with Crippen LogP contribution >= 0.6 is 11.6 Å². The number of nitrogens with one attached hydrogen (secondary N) is 1. The molecule has 37 heavy (non-hydrogen) atoms. The summed E-state index contributed by atoms with van der Waals surface area (Å²) in [7, 11) is 5.44. The van der Waals surface area contributed by atoms with Gasteiger partial charge in [-0.25, -0.2) is 0 Å². The Hall–Kier alpha value is -4.04. The molecule has 5 rings (SSSR count).